The molecule has 126 valence electrons. The van der Waals surface area contributed by atoms with Gasteiger partial charge in [-0.2, -0.15) is 0 Å². The molecular formula is C18H29BrClNO. The highest BCUT2D eigenvalue weighted by Crippen LogP contribution is 2.33. The minimum Gasteiger partial charge on any atom is -0.492 e. The second kappa shape index (κ2) is 9.14. The molecule has 0 aromatic heterocycles. The summed E-state index contributed by atoms with van der Waals surface area (Å²) in [5.41, 5.74) is 1.57. The molecule has 1 saturated heterocycles. The number of rotatable bonds is 6. The van der Waals surface area contributed by atoms with Crippen LogP contribution in [0.25, 0.3) is 0 Å². The molecule has 1 aromatic carbocycles. The normalized spacial score (nSPS) is 18.6. The Balaban J connectivity index is 0.00000242. The van der Waals surface area contributed by atoms with Gasteiger partial charge in [0.1, 0.15) is 5.75 Å². The number of piperidine rings is 1. The molecule has 4 heteroatoms. The first-order valence-corrected chi connectivity index (χ1v) is 8.98. The number of hydrogen-bond donors (Lipinski definition) is 1. The maximum absolute atomic E-state index is 5.95. The summed E-state index contributed by atoms with van der Waals surface area (Å²) in [6, 6.07) is 7.14. The van der Waals surface area contributed by atoms with Crippen LogP contribution in [-0.4, -0.2) is 19.2 Å². The fraction of sp³-hybridized carbons (Fsp3) is 0.667. The van der Waals surface area contributed by atoms with Gasteiger partial charge in [-0.1, -0.05) is 33.3 Å². The lowest BCUT2D eigenvalue weighted by molar-refractivity contribution is 0.267. The molecule has 0 spiro atoms. The molecule has 1 unspecified atom stereocenters. The summed E-state index contributed by atoms with van der Waals surface area (Å²) in [6.45, 7) is 8.74. The van der Waals surface area contributed by atoms with Crippen LogP contribution in [0, 0.1) is 0 Å². The van der Waals surface area contributed by atoms with Crippen LogP contribution >= 0.6 is 28.3 Å². The fourth-order valence-corrected chi connectivity index (χ4v) is 3.22. The Morgan fingerprint density at radius 3 is 2.68 bits per heavy atom. The molecule has 1 fully saturated rings. The van der Waals surface area contributed by atoms with Crippen LogP contribution in [-0.2, 0) is 5.41 Å². The average molecular weight is 391 g/mol. The fourth-order valence-electron chi connectivity index (χ4n) is 2.72. The van der Waals surface area contributed by atoms with Gasteiger partial charge < -0.3 is 10.1 Å². The van der Waals surface area contributed by atoms with Crippen LogP contribution < -0.4 is 10.1 Å². The van der Waals surface area contributed by atoms with E-state index >= 15 is 0 Å². The van der Waals surface area contributed by atoms with Gasteiger partial charge >= 0.3 is 0 Å². The molecule has 0 amide bonds. The SMILES string of the molecule is CCC(C)(C)c1ccc(OCCC2CCCCN2)c(Br)c1.Cl. The van der Waals surface area contributed by atoms with Crippen molar-refractivity contribution in [1.82, 2.24) is 5.32 Å². The van der Waals surface area contributed by atoms with E-state index in [-0.39, 0.29) is 17.8 Å². The van der Waals surface area contributed by atoms with Gasteiger partial charge in [0, 0.05) is 6.04 Å². The van der Waals surface area contributed by atoms with Gasteiger partial charge in [-0.25, -0.2) is 0 Å². The second-order valence-corrected chi connectivity index (χ2v) is 7.52. The van der Waals surface area contributed by atoms with E-state index in [1.165, 1.54) is 24.8 Å². The summed E-state index contributed by atoms with van der Waals surface area (Å²) in [5.74, 6) is 0.960. The van der Waals surface area contributed by atoms with Gasteiger partial charge in [0.2, 0.25) is 0 Å². The second-order valence-electron chi connectivity index (χ2n) is 6.67. The lowest BCUT2D eigenvalue weighted by Gasteiger charge is -2.25. The first kappa shape index (κ1) is 19.8. The summed E-state index contributed by atoms with van der Waals surface area (Å²) >= 11 is 3.65. The Hall–Kier alpha value is -0.250. The quantitative estimate of drug-likeness (QED) is 0.695. The maximum Gasteiger partial charge on any atom is 0.133 e. The number of hydrogen-bond acceptors (Lipinski definition) is 2. The third kappa shape index (κ3) is 5.43. The summed E-state index contributed by atoms with van der Waals surface area (Å²) in [6.07, 6.45) is 6.18. The number of nitrogens with one attached hydrogen (secondary N) is 1. The molecule has 22 heavy (non-hydrogen) atoms. The standard InChI is InChI=1S/C18H28BrNO.ClH/c1-4-18(2,3)14-8-9-17(16(19)13-14)21-12-10-15-7-5-6-11-20-15;/h8-9,13,15,20H,4-7,10-12H2,1-3H3;1H. The monoisotopic (exact) mass is 389 g/mol. The predicted octanol–water partition coefficient (Wildman–Crippen LogP) is 5.47. The summed E-state index contributed by atoms with van der Waals surface area (Å²) in [7, 11) is 0. The summed E-state index contributed by atoms with van der Waals surface area (Å²) in [4.78, 5) is 0. The highest BCUT2D eigenvalue weighted by molar-refractivity contribution is 9.10. The van der Waals surface area contributed by atoms with Gasteiger partial charge in [0.25, 0.3) is 0 Å². The van der Waals surface area contributed by atoms with Crippen molar-refractivity contribution >= 4 is 28.3 Å². The van der Waals surface area contributed by atoms with Gasteiger partial charge in [0.05, 0.1) is 11.1 Å². The largest absolute Gasteiger partial charge is 0.492 e. The van der Waals surface area contributed by atoms with Gasteiger partial charge in [0.15, 0.2) is 0 Å². The number of halogens is 2. The van der Waals surface area contributed by atoms with E-state index in [1.54, 1.807) is 0 Å². The molecule has 2 rings (SSSR count). The van der Waals surface area contributed by atoms with Crippen molar-refractivity contribution in [2.24, 2.45) is 0 Å². The topological polar surface area (TPSA) is 21.3 Å². The summed E-state index contributed by atoms with van der Waals surface area (Å²) in [5, 5.41) is 3.56. The highest BCUT2D eigenvalue weighted by Gasteiger charge is 2.19. The van der Waals surface area contributed by atoms with Crippen molar-refractivity contribution in [1.29, 1.82) is 0 Å². The lowest BCUT2D eigenvalue weighted by atomic mass is 9.82. The smallest absolute Gasteiger partial charge is 0.133 e. The third-order valence-corrected chi connectivity index (χ3v) is 5.35. The highest BCUT2D eigenvalue weighted by atomic mass is 79.9. The number of benzene rings is 1. The van der Waals surface area contributed by atoms with Gasteiger partial charge in [-0.3, -0.25) is 0 Å². The zero-order chi connectivity index (χ0) is 15.3. The van der Waals surface area contributed by atoms with E-state index in [1.807, 2.05) is 0 Å². The van der Waals surface area contributed by atoms with Crippen molar-refractivity contribution < 1.29 is 4.74 Å². The van der Waals surface area contributed by atoms with E-state index in [0.717, 1.165) is 36.2 Å². The van der Waals surface area contributed by atoms with Crippen molar-refractivity contribution in [3.8, 4) is 5.75 Å². The molecule has 1 aliphatic rings. The average Bonchev–Trinajstić information content (AvgIpc) is 2.50. The first-order chi connectivity index (χ1) is 10.0. The minimum atomic E-state index is 0. The zero-order valence-electron chi connectivity index (χ0n) is 14.0. The van der Waals surface area contributed by atoms with Crippen LogP contribution in [0.15, 0.2) is 22.7 Å². The molecule has 1 aromatic rings. The molecule has 2 nitrogen and oxygen atoms in total. The Morgan fingerprint density at radius 1 is 1.32 bits per heavy atom. The van der Waals surface area contributed by atoms with Gasteiger partial charge in [-0.05, 0) is 71.3 Å². The third-order valence-electron chi connectivity index (χ3n) is 4.73. The Morgan fingerprint density at radius 2 is 2.09 bits per heavy atom. The van der Waals surface area contributed by atoms with Crippen LogP contribution in [0.4, 0.5) is 0 Å². The first-order valence-electron chi connectivity index (χ1n) is 8.19. The molecule has 0 radical (unpaired) electrons. The molecule has 0 bridgehead atoms. The van der Waals surface area contributed by atoms with Crippen LogP contribution in [0.2, 0.25) is 0 Å². The molecule has 1 N–H and O–H groups in total. The van der Waals surface area contributed by atoms with E-state index in [9.17, 15) is 0 Å². The Kier molecular flexibility index (Phi) is 8.23. The van der Waals surface area contributed by atoms with E-state index in [4.69, 9.17) is 4.74 Å². The number of ether oxygens (including phenoxy) is 1. The summed E-state index contributed by atoms with van der Waals surface area (Å²) < 4.78 is 7.02. The molecule has 1 atom stereocenters. The van der Waals surface area contributed by atoms with E-state index < -0.39 is 0 Å². The molecule has 0 aliphatic carbocycles. The van der Waals surface area contributed by atoms with Crippen molar-refractivity contribution in [2.45, 2.75) is 64.3 Å². The molecular weight excluding hydrogens is 362 g/mol. The maximum atomic E-state index is 5.95. The Labute approximate surface area is 149 Å². The predicted molar refractivity (Wildman–Crippen MR) is 100 cm³/mol. The van der Waals surface area contributed by atoms with E-state index in [0.29, 0.717) is 6.04 Å². The van der Waals surface area contributed by atoms with Crippen molar-refractivity contribution in [3.05, 3.63) is 28.2 Å². The van der Waals surface area contributed by atoms with Crippen LogP contribution in [0.5, 0.6) is 5.75 Å². The Bertz CT molecular complexity index is 458. The van der Waals surface area contributed by atoms with Gasteiger partial charge in [-0.15, -0.1) is 12.4 Å². The minimum absolute atomic E-state index is 0. The van der Waals surface area contributed by atoms with Crippen molar-refractivity contribution in [2.75, 3.05) is 13.2 Å². The van der Waals surface area contributed by atoms with Crippen LogP contribution in [0.3, 0.4) is 0 Å². The van der Waals surface area contributed by atoms with E-state index in [2.05, 4.69) is 60.2 Å². The molecule has 1 aliphatic heterocycles. The van der Waals surface area contributed by atoms with Crippen molar-refractivity contribution in [3.63, 3.8) is 0 Å². The molecule has 0 saturated carbocycles. The van der Waals surface area contributed by atoms with Crippen LogP contribution in [0.1, 0.15) is 58.4 Å². The molecule has 1 heterocycles. The zero-order valence-corrected chi connectivity index (χ0v) is 16.4. The lowest BCUT2D eigenvalue weighted by Crippen LogP contribution is -2.35.